The minimum Gasteiger partial charge on any atom is -0.496 e. The molecule has 1 N–H and O–H groups in total. The van der Waals surface area contributed by atoms with Crippen molar-refractivity contribution in [3.8, 4) is 5.75 Å². The van der Waals surface area contributed by atoms with Gasteiger partial charge in [-0.15, -0.1) is 0 Å². The van der Waals surface area contributed by atoms with Crippen LogP contribution in [0.1, 0.15) is 17.0 Å². The predicted octanol–water partition coefficient (Wildman–Crippen LogP) is 2.44. The number of nitrogens with zero attached hydrogens (tertiary/aromatic N) is 1. The van der Waals surface area contributed by atoms with Gasteiger partial charge in [0.1, 0.15) is 5.75 Å². The van der Waals surface area contributed by atoms with E-state index in [1.807, 2.05) is 37.6 Å². The number of aromatic nitrogens is 1. The molecular weight excluding hydrogens is 224 g/mol. The van der Waals surface area contributed by atoms with E-state index in [1.165, 1.54) is 11.1 Å². The maximum atomic E-state index is 5.45. The highest BCUT2D eigenvalue weighted by molar-refractivity contribution is 5.41. The lowest BCUT2D eigenvalue weighted by atomic mass is 9.91. The van der Waals surface area contributed by atoms with Crippen molar-refractivity contribution in [2.24, 2.45) is 0 Å². The average Bonchev–Trinajstić information content (AvgIpc) is 2.46. The zero-order valence-corrected chi connectivity index (χ0v) is 10.8. The number of rotatable bonds is 5. The molecule has 3 nitrogen and oxygen atoms in total. The molecule has 3 heteroatoms. The van der Waals surface area contributed by atoms with E-state index in [4.69, 9.17) is 4.74 Å². The van der Waals surface area contributed by atoms with Gasteiger partial charge in [-0.3, -0.25) is 4.98 Å². The number of ether oxygens (including phenoxy) is 1. The van der Waals surface area contributed by atoms with Crippen LogP contribution in [0.15, 0.2) is 48.8 Å². The summed E-state index contributed by atoms with van der Waals surface area (Å²) in [6, 6.07) is 12.2. The third-order valence-corrected chi connectivity index (χ3v) is 3.03. The zero-order chi connectivity index (χ0) is 12.8. The normalized spacial score (nSPS) is 12.1. The Kier molecular flexibility index (Phi) is 4.31. The Morgan fingerprint density at radius 2 is 1.89 bits per heavy atom. The first-order valence-electron chi connectivity index (χ1n) is 6.04. The third kappa shape index (κ3) is 2.68. The second kappa shape index (κ2) is 6.17. The molecule has 0 aliphatic carbocycles. The molecule has 1 atom stereocenters. The summed E-state index contributed by atoms with van der Waals surface area (Å²) >= 11 is 0. The summed E-state index contributed by atoms with van der Waals surface area (Å²) in [6.07, 6.45) is 3.65. The summed E-state index contributed by atoms with van der Waals surface area (Å²) in [5.74, 6) is 1.20. The quantitative estimate of drug-likeness (QED) is 0.874. The number of hydrogen-bond acceptors (Lipinski definition) is 3. The maximum absolute atomic E-state index is 5.45. The number of benzene rings is 1. The Labute approximate surface area is 108 Å². The predicted molar refractivity (Wildman–Crippen MR) is 73.0 cm³/mol. The molecule has 1 aromatic carbocycles. The molecule has 18 heavy (non-hydrogen) atoms. The Morgan fingerprint density at radius 3 is 2.56 bits per heavy atom. The first-order chi connectivity index (χ1) is 8.86. The minimum absolute atomic E-state index is 0.272. The van der Waals surface area contributed by atoms with Crippen molar-refractivity contribution in [3.05, 3.63) is 59.9 Å². The fraction of sp³-hybridized carbons (Fsp3) is 0.267. The van der Waals surface area contributed by atoms with Gasteiger partial charge in [0.25, 0.3) is 0 Å². The highest BCUT2D eigenvalue weighted by atomic mass is 16.5. The number of methoxy groups -OCH3 is 1. The Balaban J connectivity index is 2.41. The molecule has 0 saturated carbocycles. The van der Waals surface area contributed by atoms with Gasteiger partial charge in [0.05, 0.1) is 7.11 Å². The van der Waals surface area contributed by atoms with Gasteiger partial charge in [0, 0.05) is 30.4 Å². The Bertz CT molecular complexity index is 485. The van der Waals surface area contributed by atoms with Crippen LogP contribution in [0.2, 0.25) is 0 Å². The van der Waals surface area contributed by atoms with Gasteiger partial charge < -0.3 is 10.1 Å². The van der Waals surface area contributed by atoms with E-state index in [9.17, 15) is 0 Å². The first kappa shape index (κ1) is 12.6. The van der Waals surface area contributed by atoms with Gasteiger partial charge in [-0.1, -0.05) is 18.2 Å². The number of nitrogens with one attached hydrogen (secondary N) is 1. The van der Waals surface area contributed by atoms with Crippen LogP contribution in [0.5, 0.6) is 5.75 Å². The molecule has 1 heterocycles. The van der Waals surface area contributed by atoms with Crippen molar-refractivity contribution in [1.29, 1.82) is 0 Å². The molecule has 2 rings (SSSR count). The van der Waals surface area contributed by atoms with Crippen molar-refractivity contribution in [1.82, 2.24) is 10.3 Å². The Hall–Kier alpha value is -1.87. The fourth-order valence-corrected chi connectivity index (χ4v) is 2.16. The molecule has 1 aromatic heterocycles. The van der Waals surface area contributed by atoms with Crippen LogP contribution in [0, 0.1) is 0 Å². The van der Waals surface area contributed by atoms with E-state index in [2.05, 4.69) is 28.5 Å². The molecule has 0 radical (unpaired) electrons. The summed E-state index contributed by atoms with van der Waals surface area (Å²) in [6.45, 7) is 0.865. The molecule has 1 unspecified atom stereocenters. The first-order valence-corrected chi connectivity index (χ1v) is 6.04. The molecule has 2 aromatic rings. The summed E-state index contributed by atoms with van der Waals surface area (Å²) in [5, 5.41) is 3.24. The summed E-state index contributed by atoms with van der Waals surface area (Å²) in [5.41, 5.74) is 2.43. The smallest absolute Gasteiger partial charge is 0.122 e. The highest BCUT2D eigenvalue weighted by Crippen LogP contribution is 2.30. The van der Waals surface area contributed by atoms with Gasteiger partial charge in [0.2, 0.25) is 0 Å². The maximum Gasteiger partial charge on any atom is 0.122 e. The lowest BCUT2D eigenvalue weighted by molar-refractivity contribution is 0.407. The van der Waals surface area contributed by atoms with Gasteiger partial charge in [-0.25, -0.2) is 0 Å². The minimum atomic E-state index is 0.272. The number of hydrogen-bond donors (Lipinski definition) is 1. The van der Waals surface area contributed by atoms with E-state index in [0.29, 0.717) is 0 Å². The molecule has 94 valence electrons. The van der Waals surface area contributed by atoms with Crippen molar-refractivity contribution in [2.45, 2.75) is 5.92 Å². The van der Waals surface area contributed by atoms with Crippen LogP contribution < -0.4 is 10.1 Å². The SMILES string of the molecule is CNCC(c1ccncc1)c1ccccc1OC. The highest BCUT2D eigenvalue weighted by Gasteiger charge is 2.16. The van der Waals surface area contributed by atoms with Crippen molar-refractivity contribution in [2.75, 3.05) is 20.7 Å². The lowest BCUT2D eigenvalue weighted by Crippen LogP contribution is -2.18. The van der Waals surface area contributed by atoms with Gasteiger partial charge >= 0.3 is 0 Å². The van der Waals surface area contributed by atoms with Gasteiger partial charge in [-0.2, -0.15) is 0 Å². The molecule has 0 spiro atoms. The van der Waals surface area contributed by atoms with E-state index < -0.39 is 0 Å². The number of likely N-dealkylation sites (N-methyl/N-ethyl adjacent to an activating group) is 1. The number of pyridine rings is 1. The van der Waals surface area contributed by atoms with Crippen molar-refractivity contribution >= 4 is 0 Å². The summed E-state index contributed by atoms with van der Waals surface area (Å²) < 4.78 is 5.45. The fourth-order valence-electron chi connectivity index (χ4n) is 2.16. The molecule has 0 saturated heterocycles. The van der Waals surface area contributed by atoms with E-state index in [1.54, 1.807) is 7.11 Å². The van der Waals surface area contributed by atoms with E-state index >= 15 is 0 Å². The van der Waals surface area contributed by atoms with E-state index in [0.717, 1.165) is 12.3 Å². The van der Waals surface area contributed by atoms with Crippen molar-refractivity contribution < 1.29 is 4.74 Å². The molecule has 0 aliphatic rings. The van der Waals surface area contributed by atoms with Crippen LogP contribution >= 0.6 is 0 Å². The molecule has 0 bridgehead atoms. The summed E-state index contributed by atoms with van der Waals surface area (Å²) in [4.78, 5) is 4.07. The molecule has 0 amide bonds. The monoisotopic (exact) mass is 242 g/mol. The zero-order valence-electron chi connectivity index (χ0n) is 10.8. The van der Waals surface area contributed by atoms with Crippen LogP contribution in [0.3, 0.4) is 0 Å². The lowest BCUT2D eigenvalue weighted by Gasteiger charge is -2.19. The largest absolute Gasteiger partial charge is 0.496 e. The standard InChI is InChI=1S/C15H18N2O/c1-16-11-14(12-7-9-17-10-8-12)13-5-3-4-6-15(13)18-2/h3-10,14,16H,11H2,1-2H3. The van der Waals surface area contributed by atoms with E-state index in [-0.39, 0.29) is 5.92 Å². The summed E-state index contributed by atoms with van der Waals surface area (Å²) in [7, 11) is 3.67. The Morgan fingerprint density at radius 1 is 1.17 bits per heavy atom. The van der Waals surface area contributed by atoms with Crippen molar-refractivity contribution in [3.63, 3.8) is 0 Å². The van der Waals surface area contributed by atoms with Crippen LogP contribution in [0.25, 0.3) is 0 Å². The second-order valence-electron chi connectivity index (χ2n) is 4.13. The molecule has 0 aliphatic heterocycles. The second-order valence-corrected chi connectivity index (χ2v) is 4.13. The van der Waals surface area contributed by atoms with Gasteiger partial charge in [0.15, 0.2) is 0 Å². The number of para-hydroxylation sites is 1. The molecule has 0 fully saturated rings. The van der Waals surface area contributed by atoms with Crippen LogP contribution in [0.4, 0.5) is 0 Å². The topological polar surface area (TPSA) is 34.2 Å². The third-order valence-electron chi connectivity index (χ3n) is 3.03. The van der Waals surface area contributed by atoms with Crippen LogP contribution in [-0.2, 0) is 0 Å². The van der Waals surface area contributed by atoms with Gasteiger partial charge in [-0.05, 0) is 30.8 Å². The van der Waals surface area contributed by atoms with Crippen LogP contribution in [-0.4, -0.2) is 25.7 Å². The average molecular weight is 242 g/mol. The molecular formula is C15H18N2O.